The largest absolute Gasteiger partial charge is 0.322 e. The zero-order chi connectivity index (χ0) is 18.3. The molecule has 0 bridgehead atoms. The Bertz CT molecular complexity index is 867. The smallest absolute Gasteiger partial charge is 0.255 e. The van der Waals surface area contributed by atoms with Gasteiger partial charge < -0.3 is 5.32 Å². The maximum absolute atomic E-state index is 12.2. The molecule has 25 heavy (non-hydrogen) atoms. The van der Waals surface area contributed by atoms with Crippen LogP contribution in [-0.2, 0) is 10.0 Å². The van der Waals surface area contributed by atoms with Crippen LogP contribution in [-0.4, -0.2) is 20.9 Å². The molecule has 0 radical (unpaired) electrons. The van der Waals surface area contributed by atoms with Crippen LogP contribution < -0.4 is 10.0 Å². The van der Waals surface area contributed by atoms with Gasteiger partial charge in [0.15, 0.2) is 0 Å². The first kappa shape index (κ1) is 18.6. The number of anilines is 1. The van der Waals surface area contributed by atoms with E-state index in [-0.39, 0.29) is 10.8 Å². The molecule has 0 saturated carbocycles. The fraction of sp³-hybridized carbons (Fsp3) is 0.222. The average Bonchev–Trinajstić information content (AvgIpc) is 2.62. The quantitative estimate of drug-likeness (QED) is 0.744. The molecule has 0 unspecified atom stereocenters. The van der Waals surface area contributed by atoms with Crippen LogP contribution in [0.25, 0.3) is 0 Å². The Morgan fingerprint density at radius 2 is 1.72 bits per heavy atom. The maximum Gasteiger partial charge on any atom is 0.255 e. The molecule has 2 N–H and O–H groups in total. The summed E-state index contributed by atoms with van der Waals surface area (Å²) < 4.78 is 26.7. The highest BCUT2D eigenvalue weighted by Gasteiger charge is 2.14. The Hall–Kier alpha value is -2.69. The van der Waals surface area contributed by atoms with Gasteiger partial charge in [0.2, 0.25) is 10.0 Å². The van der Waals surface area contributed by atoms with Crippen molar-refractivity contribution >= 4 is 21.6 Å². The van der Waals surface area contributed by atoms with Crippen LogP contribution in [0.4, 0.5) is 5.69 Å². The highest BCUT2D eigenvalue weighted by molar-refractivity contribution is 7.89. The number of carbonyl (C=O) groups excluding carboxylic acids is 1. The molecule has 0 heterocycles. The minimum Gasteiger partial charge on any atom is -0.322 e. The van der Waals surface area contributed by atoms with E-state index in [1.54, 1.807) is 24.3 Å². The molecule has 2 rings (SSSR count). The lowest BCUT2D eigenvalue weighted by atomic mass is 10.2. The highest BCUT2D eigenvalue weighted by atomic mass is 32.2. The van der Waals surface area contributed by atoms with Gasteiger partial charge in [-0.2, -0.15) is 5.26 Å². The zero-order valence-electron chi connectivity index (χ0n) is 13.8. The van der Waals surface area contributed by atoms with E-state index in [4.69, 9.17) is 5.26 Å². The SMILES string of the molecule is CCCCNS(=O)(=O)c1ccc(C(=O)Nc2ccc(C#N)cc2)cc1. The summed E-state index contributed by atoms with van der Waals surface area (Å²) in [6, 6.07) is 14.2. The molecule has 0 aliphatic heterocycles. The first-order chi connectivity index (χ1) is 12.0. The normalized spacial score (nSPS) is 10.9. The summed E-state index contributed by atoms with van der Waals surface area (Å²) in [5.41, 5.74) is 1.40. The summed E-state index contributed by atoms with van der Waals surface area (Å²) in [7, 11) is -3.55. The monoisotopic (exact) mass is 357 g/mol. The number of sulfonamides is 1. The first-order valence-corrected chi connectivity index (χ1v) is 9.36. The first-order valence-electron chi connectivity index (χ1n) is 7.87. The molecule has 0 fully saturated rings. The second kappa shape index (κ2) is 8.42. The molecule has 0 aromatic heterocycles. The van der Waals surface area contributed by atoms with Gasteiger partial charge in [0.25, 0.3) is 5.91 Å². The molecule has 6 nitrogen and oxygen atoms in total. The van der Waals surface area contributed by atoms with Crippen LogP contribution in [0.2, 0.25) is 0 Å². The van der Waals surface area contributed by atoms with Crippen LogP contribution in [0.3, 0.4) is 0 Å². The van der Waals surface area contributed by atoms with Gasteiger partial charge in [-0.15, -0.1) is 0 Å². The van der Waals surface area contributed by atoms with Crippen molar-refractivity contribution in [2.24, 2.45) is 0 Å². The second-order valence-electron chi connectivity index (χ2n) is 5.42. The van der Waals surface area contributed by atoms with Gasteiger partial charge in [-0.3, -0.25) is 4.79 Å². The third-order valence-electron chi connectivity index (χ3n) is 3.52. The molecule has 0 aliphatic carbocycles. The van der Waals surface area contributed by atoms with Gasteiger partial charge in [0.1, 0.15) is 0 Å². The van der Waals surface area contributed by atoms with Gasteiger partial charge in [-0.25, -0.2) is 13.1 Å². The van der Waals surface area contributed by atoms with Crippen molar-refractivity contribution in [1.29, 1.82) is 5.26 Å². The molecule has 0 aliphatic rings. The van der Waals surface area contributed by atoms with E-state index in [1.807, 2.05) is 13.0 Å². The Morgan fingerprint density at radius 3 is 2.28 bits per heavy atom. The minimum absolute atomic E-state index is 0.124. The molecular weight excluding hydrogens is 338 g/mol. The van der Waals surface area contributed by atoms with Crippen LogP contribution in [0.5, 0.6) is 0 Å². The molecule has 130 valence electrons. The Balaban J connectivity index is 2.05. The summed E-state index contributed by atoms with van der Waals surface area (Å²) in [5.74, 6) is -0.354. The van der Waals surface area contributed by atoms with Gasteiger partial charge >= 0.3 is 0 Å². The maximum atomic E-state index is 12.2. The summed E-state index contributed by atoms with van der Waals surface area (Å²) in [6.07, 6.45) is 1.67. The van der Waals surface area contributed by atoms with Crippen LogP contribution >= 0.6 is 0 Å². The van der Waals surface area contributed by atoms with E-state index in [9.17, 15) is 13.2 Å². The molecule has 0 atom stereocenters. The number of hydrogen-bond donors (Lipinski definition) is 2. The molecule has 0 spiro atoms. The number of nitrogens with zero attached hydrogens (tertiary/aromatic N) is 1. The number of nitriles is 1. The minimum atomic E-state index is -3.55. The zero-order valence-corrected chi connectivity index (χ0v) is 14.6. The van der Waals surface area contributed by atoms with Crippen molar-refractivity contribution < 1.29 is 13.2 Å². The number of carbonyl (C=O) groups is 1. The van der Waals surface area contributed by atoms with Gasteiger partial charge in [-0.1, -0.05) is 13.3 Å². The fourth-order valence-electron chi connectivity index (χ4n) is 2.08. The third kappa shape index (κ3) is 5.14. The number of hydrogen-bond acceptors (Lipinski definition) is 4. The van der Waals surface area contributed by atoms with Crippen molar-refractivity contribution in [2.75, 3.05) is 11.9 Å². The number of amides is 1. The average molecular weight is 357 g/mol. The Labute approximate surface area is 147 Å². The summed E-state index contributed by atoms with van der Waals surface area (Å²) >= 11 is 0. The fourth-order valence-corrected chi connectivity index (χ4v) is 3.16. The third-order valence-corrected chi connectivity index (χ3v) is 5.00. The van der Waals surface area contributed by atoms with Crippen LogP contribution in [0.1, 0.15) is 35.7 Å². The van der Waals surface area contributed by atoms with E-state index in [2.05, 4.69) is 10.0 Å². The van der Waals surface area contributed by atoms with E-state index < -0.39 is 10.0 Å². The number of rotatable bonds is 7. The Morgan fingerprint density at radius 1 is 1.08 bits per heavy atom. The summed E-state index contributed by atoms with van der Waals surface area (Å²) in [4.78, 5) is 12.3. The van der Waals surface area contributed by atoms with E-state index in [1.165, 1.54) is 24.3 Å². The predicted molar refractivity (Wildman–Crippen MR) is 95.6 cm³/mol. The Kier molecular flexibility index (Phi) is 6.28. The van der Waals surface area contributed by atoms with Crippen molar-refractivity contribution in [3.63, 3.8) is 0 Å². The number of benzene rings is 2. The lowest BCUT2D eigenvalue weighted by Gasteiger charge is -2.08. The van der Waals surface area contributed by atoms with Gasteiger partial charge in [0.05, 0.1) is 16.5 Å². The van der Waals surface area contributed by atoms with E-state index >= 15 is 0 Å². The molecular formula is C18H19N3O3S. The molecule has 7 heteroatoms. The molecule has 0 saturated heterocycles. The number of nitrogens with one attached hydrogen (secondary N) is 2. The van der Waals surface area contributed by atoms with E-state index in [0.717, 1.165) is 12.8 Å². The summed E-state index contributed by atoms with van der Waals surface area (Å²) in [5, 5.41) is 11.5. The lowest BCUT2D eigenvalue weighted by molar-refractivity contribution is 0.102. The van der Waals surface area contributed by atoms with Gasteiger partial charge in [0, 0.05) is 17.8 Å². The van der Waals surface area contributed by atoms with Crippen molar-refractivity contribution in [3.8, 4) is 6.07 Å². The summed E-state index contributed by atoms with van der Waals surface area (Å²) in [6.45, 7) is 2.37. The van der Waals surface area contributed by atoms with Gasteiger partial charge in [-0.05, 0) is 55.0 Å². The lowest BCUT2D eigenvalue weighted by Crippen LogP contribution is -2.24. The predicted octanol–water partition coefficient (Wildman–Crippen LogP) is 2.89. The topological polar surface area (TPSA) is 99.1 Å². The van der Waals surface area contributed by atoms with Crippen LogP contribution in [0.15, 0.2) is 53.4 Å². The van der Waals surface area contributed by atoms with E-state index in [0.29, 0.717) is 23.4 Å². The highest BCUT2D eigenvalue weighted by Crippen LogP contribution is 2.14. The van der Waals surface area contributed by atoms with Crippen molar-refractivity contribution in [1.82, 2.24) is 4.72 Å². The molecule has 2 aromatic carbocycles. The van der Waals surface area contributed by atoms with Crippen molar-refractivity contribution in [2.45, 2.75) is 24.7 Å². The standard InChI is InChI=1S/C18H19N3O3S/c1-2-3-12-20-25(23,24)17-10-6-15(7-11-17)18(22)21-16-8-4-14(13-19)5-9-16/h4-11,20H,2-3,12H2,1H3,(H,21,22). The number of unbranched alkanes of at least 4 members (excludes halogenated alkanes) is 1. The van der Waals surface area contributed by atoms with Crippen molar-refractivity contribution in [3.05, 3.63) is 59.7 Å². The van der Waals surface area contributed by atoms with Crippen LogP contribution in [0, 0.1) is 11.3 Å². The molecule has 1 amide bonds. The molecule has 2 aromatic rings. The second-order valence-corrected chi connectivity index (χ2v) is 7.19.